The van der Waals surface area contributed by atoms with Crippen molar-refractivity contribution in [3.8, 4) is 0 Å². The van der Waals surface area contributed by atoms with Crippen molar-refractivity contribution in [1.29, 1.82) is 0 Å². The molecule has 0 radical (unpaired) electrons. The van der Waals surface area contributed by atoms with Crippen LogP contribution in [-0.4, -0.2) is 35.1 Å². The summed E-state index contributed by atoms with van der Waals surface area (Å²) in [4.78, 5) is 15.2. The molecule has 3 nitrogen and oxygen atoms in total. The Kier molecular flexibility index (Phi) is 4.81. The number of aliphatic hydroxyl groups is 1. The number of amides is 1. The maximum absolute atomic E-state index is 12.4. The van der Waals surface area contributed by atoms with Gasteiger partial charge >= 0.3 is 0 Å². The largest absolute Gasteiger partial charge is 0.396 e. The highest BCUT2D eigenvalue weighted by molar-refractivity contribution is 9.11. The van der Waals surface area contributed by atoms with Crippen LogP contribution in [0.15, 0.2) is 9.85 Å². The number of nitrogens with zero attached hydrogens (tertiary/aromatic N) is 1. The van der Waals surface area contributed by atoms with E-state index in [2.05, 4.69) is 15.9 Å². The number of aliphatic hydroxyl groups excluding tert-OH is 1. The van der Waals surface area contributed by atoms with Gasteiger partial charge in [-0.15, -0.1) is 11.3 Å². The molecule has 100 valence electrons. The molecule has 1 saturated heterocycles. The lowest BCUT2D eigenvalue weighted by atomic mass is 10.1. The number of carbonyl (C=O) groups is 1. The quantitative estimate of drug-likeness (QED) is 0.920. The Morgan fingerprint density at radius 1 is 1.67 bits per heavy atom. The molecule has 0 aromatic carbocycles. The molecule has 1 aliphatic rings. The van der Waals surface area contributed by atoms with Crippen LogP contribution >= 0.6 is 27.3 Å². The number of hydrogen-bond donors (Lipinski definition) is 1. The first kappa shape index (κ1) is 14.0. The van der Waals surface area contributed by atoms with Gasteiger partial charge in [0.15, 0.2) is 0 Å². The van der Waals surface area contributed by atoms with E-state index >= 15 is 0 Å². The number of carbonyl (C=O) groups excluding carboxylic acids is 1. The standard InChI is InChI=1S/C13H18BrNO2S/c1-9-8-11(18-12(9)14)13(17)15-6-2-4-10(15)5-3-7-16/h8,10,16H,2-7H2,1H3. The normalized spacial score (nSPS) is 19.5. The zero-order valence-electron chi connectivity index (χ0n) is 10.5. The van der Waals surface area contributed by atoms with Crippen LogP contribution in [0.5, 0.6) is 0 Å². The van der Waals surface area contributed by atoms with Crippen molar-refractivity contribution in [1.82, 2.24) is 4.90 Å². The van der Waals surface area contributed by atoms with Gasteiger partial charge in [-0.3, -0.25) is 4.79 Å². The molecule has 0 bridgehead atoms. The van der Waals surface area contributed by atoms with E-state index in [-0.39, 0.29) is 12.5 Å². The van der Waals surface area contributed by atoms with Crippen molar-refractivity contribution in [2.75, 3.05) is 13.2 Å². The first-order valence-corrected chi connectivity index (χ1v) is 7.92. The molecule has 1 fully saturated rings. The van der Waals surface area contributed by atoms with E-state index in [4.69, 9.17) is 5.11 Å². The first-order valence-electron chi connectivity index (χ1n) is 6.31. The maximum Gasteiger partial charge on any atom is 0.264 e. The second kappa shape index (κ2) is 6.17. The molecule has 0 aliphatic carbocycles. The van der Waals surface area contributed by atoms with Crippen molar-refractivity contribution >= 4 is 33.2 Å². The number of thiophene rings is 1. The van der Waals surface area contributed by atoms with E-state index in [1.54, 1.807) is 0 Å². The molecular weight excluding hydrogens is 314 g/mol. The molecule has 18 heavy (non-hydrogen) atoms. The van der Waals surface area contributed by atoms with Gasteiger partial charge < -0.3 is 10.0 Å². The lowest BCUT2D eigenvalue weighted by Crippen LogP contribution is -2.35. The second-order valence-corrected chi connectivity index (χ2v) is 7.10. The third-order valence-corrected chi connectivity index (χ3v) is 5.53. The summed E-state index contributed by atoms with van der Waals surface area (Å²) in [5.74, 6) is 0.147. The molecule has 1 aliphatic heterocycles. The smallest absolute Gasteiger partial charge is 0.264 e. The minimum Gasteiger partial charge on any atom is -0.396 e. The molecule has 0 saturated carbocycles. The van der Waals surface area contributed by atoms with Crippen LogP contribution in [0.4, 0.5) is 0 Å². The van der Waals surface area contributed by atoms with Crippen molar-refractivity contribution in [3.05, 3.63) is 20.3 Å². The van der Waals surface area contributed by atoms with E-state index in [0.29, 0.717) is 6.04 Å². The predicted octanol–water partition coefficient (Wildman–Crippen LogP) is 3.20. The van der Waals surface area contributed by atoms with Crippen molar-refractivity contribution in [2.24, 2.45) is 0 Å². The van der Waals surface area contributed by atoms with Crippen molar-refractivity contribution < 1.29 is 9.90 Å². The van der Waals surface area contributed by atoms with E-state index < -0.39 is 0 Å². The second-order valence-electron chi connectivity index (χ2n) is 4.73. The monoisotopic (exact) mass is 331 g/mol. The fourth-order valence-electron chi connectivity index (χ4n) is 2.44. The average Bonchev–Trinajstić information content (AvgIpc) is 2.94. The van der Waals surface area contributed by atoms with Crippen LogP contribution in [0.1, 0.15) is 40.9 Å². The molecule has 1 atom stereocenters. The van der Waals surface area contributed by atoms with Crippen molar-refractivity contribution in [2.45, 2.75) is 38.6 Å². The lowest BCUT2D eigenvalue weighted by molar-refractivity contribution is 0.0729. The molecule has 0 spiro atoms. The van der Waals surface area contributed by atoms with Gasteiger partial charge in [0.05, 0.1) is 8.66 Å². The van der Waals surface area contributed by atoms with Crippen LogP contribution in [0, 0.1) is 6.92 Å². The lowest BCUT2D eigenvalue weighted by Gasteiger charge is -2.24. The summed E-state index contributed by atoms with van der Waals surface area (Å²) in [5, 5.41) is 8.90. The minimum absolute atomic E-state index is 0.147. The molecule has 1 aromatic heterocycles. The summed E-state index contributed by atoms with van der Waals surface area (Å²) in [6.07, 6.45) is 3.83. The Hall–Kier alpha value is -0.390. The molecule has 5 heteroatoms. The molecule has 1 amide bonds. The van der Waals surface area contributed by atoms with Gasteiger partial charge in [0.1, 0.15) is 0 Å². The third-order valence-electron chi connectivity index (χ3n) is 3.40. The highest BCUT2D eigenvalue weighted by Crippen LogP contribution is 2.31. The highest BCUT2D eigenvalue weighted by atomic mass is 79.9. The molecule has 2 heterocycles. The summed E-state index contributed by atoms with van der Waals surface area (Å²) >= 11 is 4.98. The van der Waals surface area contributed by atoms with E-state index in [1.165, 1.54) is 11.3 Å². The van der Waals surface area contributed by atoms with E-state index in [0.717, 1.165) is 46.5 Å². The number of halogens is 1. The summed E-state index contributed by atoms with van der Waals surface area (Å²) in [5.41, 5.74) is 1.12. The minimum atomic E-state index is 0.147. The summed E-state index contributed by atoms with van der Waals surface area (Å²) < 4.78 is 1.04. The van der Waals surface area contributed by atoms with Gasteiger partial charge in [0, 0.05) is 19.2 Å². The molecule has 1 aromatic rings. The number of hydrogen-bond acceptors (Lipinski definition) is 3. The Balaban J connectivity index is 2.07. The van der Waals surface area contributed by atoms with E-state index in [1.807, 2.05) is 17.9 Å². The maximum atomic E-state index is 12.4. The zero-order valence-corrected chi connectivity index (χ0v) is 12.9. The number of aryl methyl sites for hydroxylation is 1. The highest BCUT2D eigenvalue weighted by Gasteiger charge is 2.29. The molecule has 2 rings (SSSR count). The van der Waals surface area contributed by atoms with Gasteiger partial charge in [-0.1, -0.05) is 0 Å². The molecule has 1 unspecified atom stereocenters. The van der Waals surface area contributed by atoms with Gasteiger partial charge in [-0.25, -0.2) is 0 Å². The fourth-order valence-corrected chi connectivity index (χ4v) is 3.93. The predicted molar refractivity (Wildman–Crippen MR) is 77.1 cm³/mol. The van der Waals surface area contributed by atoms with Crippen molar-refractivity contribution in [3.63, 3.8) is 0 Å². The SMILES string of the molecule is Cc1cc(C(=O)N2CCCC2CCCO)sc1Br. The zero-order chi connectivity index (χ0) is 13.1. The van der Waals surface area contributed by atoms with Crippen LogP contribution in [0.3, 0.4) is 0 Å². The van der Waals surface area contributed by atoms with E-state index in [9.17, 15) is 4.79 Å². The van der Waals surface area contributed by atoms with Crippen LogP contribution < -0.4 is 0 Å². The first-order chi connectivity index (χ1) is 8.63. The average molecular weight is 332 g/mol. The summed E-state index contributed by atoms with van der Waals surface area (Å²) in [6.45, 7) is 3.07. The van der Waals surface area contributed by atoms with Gasteiger partial charge in [-0.05, 0) is 60.2 Å². The van der Waals surface area contributed by atoms with Gasteiger partial charge in [0.25, 0.3) is 5.91 Å². The molecule has 1 N–H and O–H groups in total. The Labute approximate surface area is 120 Å². The third kappa shape index (κ3) is 2.95. The number of rotatable bonds is 4. The molecular formula is C13H18BrNO2S. The fraction of sp³-hybridized carbons (Fsp3) is 0.615. The Morgan fingerprint density at radius 2 is 2.44 bits per heavy atom. The van der Waals surface area contributed by atoms with Gasteiger partial charge in [-0.2, -0.15) is 0 Å². The van der Waals surface area contributed by atoms with Crippen LogP contribution in [0.2, 0.25) is 0 Å². The Bertz CT molecular complexity index is 413. The van der Waals surface area contributed by atoms with Gasteiger partial charge in [0.2, 0.25) is 0 Å². The van der Waals surface area contributed by atoms with Crippen LogP contribution in [-0.2, 0) is 0 Å². The number of likely N-dealkylation sites (tertiary alicyclic amines) is 1. The summed E-state index contributed by atoms with van der Waals surface area (Å²) in [7, 11) is 0. The Morgan fingerprint density at radius 3 is 3.06 bits per heavy atom. The van der Waals surface area contributed by atoms with Crippen LogP contribution in [0.25, 0.3) is 0 Å². The summed E-state index contributed by atoms with van der Waals surface area (Å²) in [6, 6.07) is 2.27. The topological polar surface area (TPSA) is 40.5 Å².